The summed E-state index contributed by atoms with van der Waals surface area (Å²) in [4.78, 5) is 0. The van der Waals surface area contributed by atoms with Crippen LogP contribution in [-0.2, 0) is 11.5 Å². The van der Waals surface area contributed by atoms with Crippen LogP contribution in [0.2, 0.25) is 0 Å². The first-order valence-electron chi connectivity index (χ1n) is 3.21. The molecule has 0 aliphatic rings. The van der Waals surface area contributed by atoms with Crippen molar-refractivity contribution < 1.29 is 21.7 Å². The standard InChI is InChI=1S/C7H10N3O.ClH/c8-9-6-11-7-10-4-2-1-3-5-10;/h1-6H,7-8H2;1H/q+1;/p-1. The SMILES string of the molecule is NN=COC[n+]1ccccc1.[Cl-]. The number of hydrogen-bond acceptors (Lipinski definition) is 3. The maximum absolute atomic E-state index is 4.92. The molecular weight excluding hydrogens is 178 g/mol. The molecule has 0 radical (unpaired) electrons. The third-order valence-corrected chi connectivity index (χ3v) is 1.14. The Morgan fingerprint density at radius 2 is 2.00 bits per heavy atom. The zero-order valence-electron chi connectivity index (χ0n) is 6.43. The normalized spacial score (nSPS) is 9.33. The van der Waals surface area contributed by atoms with E-state index in [4.69, 9.17) is 10.6 Å². The molecule has 0 spiro atoms. The molecule has 66 valence electrons. The van der Waals surface area contributed by atoms with Gasteiger partial charge in [0.05, 0.1) is 0 Å². The second-order valence-corrected chi connectivity index (χ2v) is 1.94. The van der Waals surface area contributed by atoms with E-state index in [1.165, 1.54) is 6.40 Å². The van der Waals surface area contributed by atoms with Gasteiger partial charge in [-0.15, -0.1) is 0 Å². The molecule has 0 aliphatic carbocycles. The van der Waals surface area contributed by atoms with Gasteiger partial charge in [0.25, 0.3) is 6.73 Å². The highest BCUT2D eigenvalue weighted by Crippen LogP contribution is 1.76. The monoisotopic (exact) mass is 187 g/mol. The van der Waals surface area contributed by atoms with Crippen molar-refractivity contribution in [2.24, 2.45) is 10.9 Å². The first kappa shape index (κ1) is 10.7. The van der Waals surface area contributed by atoms with Crippen molar-refractivity contribution in [3.05, 3.63) is 30.6 Å². The van der Waals surface area contributed by atoms with Crippen LogP contribution in [0.3, 0.4) is 0 Å². The lowest BCUT2D eigenvalue weighted by molar-refractivity contribution is -0.726. The Kier molecular flexibility index (Phi) is 5.73. The zero-order valence-corrected chi connectivity index (χ0v) is 7.19. The summed E-state index contributed by atoms with van der Waals surface area (Å²) in [5, 5.41) is 3.19. The van der Waals surface area contributed by atoms with Crippen molar-refractivity contribution in [2.45, 2.75) is 6.73 Å². The maximum Gasteiger partial charge on any atom is 0.293 e. The van der Waals surface area contributed by atoms with Crippen LogP contribution in [0.4, 0.5) is 0 Å². The van der Waals surface area contributed by atoms with Crippen LogP contribution in [0.1, 0.15) is 0 Å². The summed E-state index contributed by atoms with van der Waals surface area (Å²) in [5.41, 5.74) is 0. The number of rotatable bonds is 3. The van der Waals surface area contributed by atoms with E-state index in [1.807, 2.05) is 35.2 Å². The quantitative estimate of drug-likeness (QED) is 0.179. The van der Waals surface area contributed by atoms with E-state index in [1.54, 1.807) is 0 Å². The van der Waals surface area contributed by atoms with Crippen LogP contribution in [0, 0.1) is 0 Å². The van der Waals surface area contributed by atoms with E-state index in [9.17, 15) is 0 Å². The number of halogens is 1. The van der Waals surface area contributed by atoms with Gasteiger partial charge in [-0.05, 0) is 0 Å². The van der Waals surface area contributed by atoms with Gasteiger partial charge in [0.15, 0.2) is 18.8 Å². The van der Waals surface area contributed by atoms with Gasteiger partial charge in [-0.25, -0.2) is 0 Å². The first-order valence-corrected chi connectivity index (χ1v) is 3.21. The molecule has 1 aromatic rings. The Hall–Kier alpha value is -1.29. The molecule has 0 aromatic carbocycles. The van der Waals surface area contributed by atoms with Gasteiger partial charge in [0.1, 0.15) is 0 Å². The number of ether oxygens (including phenoxy) is 1. The minimum absolute atomic E-state index is 0. The highest BCUT2D eigenvalue weighted by Gasteiger charge is 1.92. The summed E-state index contributed by atoms with van der Waals surface area (Å²) in [6, 6.07) is 5.78. The molecule has 0 aliphatic heterocycles. The maximum atomic E-state index is 4.92. The van der Waals surface area contributed by atoms with Gasteiger partial charge in [-0.3, -0.25) is 0 Å². The molecule has 0 atom stereocenters. The average molecular weight is 188 g/mol. The topological polar surface area (TPSA) is 51.5 Å². The van der Waals surface area contributed by atoms with Crippen molar-refractivity contribution in [3.8, 4) is 0 Å². The fraction of sp³-hybridized carbons (Fsp3) is 0.143. The van der Waals surface area contributed by atoms with Crippen LogP contribution >= 0.6 is 0 Å². The lowest BCUT2D eigenvalue weighted by Crippen LogP contribution is -3.00. The molecule has 0 amide bonds. The van der Waals surface area contributed by atoms with Crippen LogP contribution in [0.5, 0.6) is 0 Å². The summed E-state index contributed by atoms with van der Waals surface area (Å²) in [7, 11) is 0. The van der Waals surface area contributed by atoms with Crippen LogP contribution in [-0.4, -0.2) is 6.40 Å². The van der Waals surface area contributed by atoms with Crippen LogP contribution < -0.4 is 22.8 Å². The highest BCUT2D eigenvalue weighted by molar-refractivity contribution is 5.44. The van der Waals surface area contributed by atoms with E-state index in [0.717, 1.165) is 0 Å². The molecule has 1 heterocycles. The molecule has 1 aromatic heterocycles. The molecule has 0 saturated carbocycles. The number of aromatic nitrogens is 1. The Morgan fingerprint density at radius 3 is 2.58 bits per heavy atom. The second-order valence-electron chi connectivity index (χ2n) is 1.94. The molecule has 0 unspecified atom stereocenters. The van der Waals surface area contributed by atoms with Crippen molar-refractivity contribution >= 4 is 6.40 Å². The van der Waals surface area contributed by atoms with Crippen molar-refractivity contribution in [1.29, 1.82) is 0 Å². The average Bonchev–Trinajstić information content (AvgIpc) is 2.07. The van der Waals surface area contributed by atoms with E-state index in [2.05, 4.69) is 5.10 Å². The van der Waals surface area contributed by atoms with Crippen LogP contribution in [0.15, 0.2) is 35.7 Å². The second kappa shape index (κ2) is 6.42. The van der Waals surface area contributed by atoms with Gasteiger partial charge in [0, 0.05) is 12.1 Å². The largest absolute Gasteiger partial charge is 1.00 e. The number of hydrogen-bond donors (Lipinski definition) is 1. The lowest BCUT2D eigenvalue weighted by atomic mass is 10.5. The van der Waals surface area contributed by atoms with Crippen molar-refractivity contribution in [2.75, 3.05) is 0 Å². The minimum Gasteiger partial charge on any atom is -1.00 e. The fourth-order valence-electron chi connectivity index (χ4n) is 0.683. The summed E-state index contributed by atoms with van der Waals surface area (Å²) < 4.78 is 6.78. The van der Waals surface area contributed by atoms with Gasteiger partial charge in [-0.1, -0.05) is 6.07 Å². The molecule has 5 heteroatoms. The Balaban J connectivity index is 0.00000121. The number of nitrogens with zero attached hydrogens (tertiary/aromatic N) is 2. The Morgan fingerprint density at radius 1 is 1.33 bits per heavy atom. The van der Waals surface area contributed by atoms with Crippen LogP contribution in [0.25, 0.3) is 0 Å². The molecule has 12 heavy (non-hydrogen) atoms. The molecule has 1 rings (SSSR count). The van der Waals surface area contributed by atoms with Crippen molar-refractivity contribution in [3.63, 3.8) is 0 Å². The lowest BCUT2D eigenvalue weighted by Gasteiger charge is -1.92. The smallest absolute Gasteiger partial charge is 0.293 e. The molecule has 4 nitrogen and oxygen atoms in total. The molecule has 0 saturated heterocycles. The van der Waals surface area contributed by atoms with E-state index >= 15 is 0 Å². The van der Waals surface area contributed by atoms with Gasteiger partial charge in [0.2, 0.25) is 0 Å². The summed E-state index contributed by atoms with van der Waals surface area (Å²) in [6.07, 6.45) is 4.99. The first-order chi connectivity index (χ1) is 5.43. The number of pyridine rings is 1. The summed E-state index contributed by atoms with van der Waals surface area (Å²) >= 11 is 0. The molecular formula is C7H10ClN3O. The fourth-order valence-corrected chi connectivity index (χ4v) is 0.683. The Bertz CT molecular complexity index is 227. The predicted octanol–water partition coefficient (Wildman–Crippen LogP) is -3.15. The Labute approximate surface area is 77.1 Å². The third kappa shape index (κ3) is 3.78. The van der Waals surface area contributed by atoms with Gasteiger partial charge < -0.3 is 23.0 Å². The van der Waals surface area contributed by atoms with E-state index < -0.39 is 0 Å². The third-order valence-electron chi connectivity index (χ3n) is 1.14. The summed E-state index contributed by atoms with van der Waals surface area (Å²) in [6.45, 7) is 0.432. The molecule has 0 bridgehead atoms. The number of nitrogens with two attached hydrogens (primary N) is 1. The number of hydrazone groups is 1. The van der Waals surface area contributed by atoms with Gasteiger partial charge in [-0.2, -0.15) is 9.67 Å². The highest BCUT2D eigenvalue weighted by atomic mass is 35.5. The predicted molar refractivity (Wildman–Crippen MR) is 40.4 cm³/mol. The summed E-state index contributed by atoms with van der Waals surface area (Å²) in [5.74, 6) is 4.83. The van der Waals surface area contributed by atoms with Gasteiger partial charge >= 0.3 is 0 Å². The van der Waals surface area contributed by atoms with Crippen molar-refractivity contribution in [1.82, 2.24) is 0 Å². The minimum atomic E-state index is 0. The molecule has 0 fully saturated rings. The molecule has 2 N–H and O–H groups in total. The zero-order chi connectivity index (χ0) is 7.94. The van der Waals surface area contributed by atoms with E-state index in [-0.39, 0.29) is 12.4 Å². The van der Waals surface area contributed by atoms with E-state index in [0.29, 0.717) is 6.73 Å².